The van der Waals surface area contributed by atoms with Gasteiger partial charge in [-0.3, -0.25) is 0 Å². The van der Waals surface area contributed by atoms with Gasteiger partial charge in [-0.2, -0.15) is 4.98 Å². The fourth-order valence-corrected chi connectivity index (χ4v) is 5.72. The number of aromatic nitrogens is 2. The molecule has 0 aliphatic heterocycles. The number of para-hydroxylation sites is 1. The molecule has 1 aromatic heterocycles. The van der Waals surface area contributed by atoms with Crippen LogP contribution in [0, 0.1) is 0 Å². The van der Waals surface area contributed by atoms with Crippen molar-refractivity contribution in [2.75, 3.05) is 24.3 Å². The van der Waals surface area contributed by atoms with Crippen molar-refractivity contribution in [1.29, 1.82) is 0 Å². The second kappa shape index (κ2) is 14.2. The Hall–Kier alpha value is -4.62. The Kier molecular flexibility index (Phi) is 9.53. The lowest BCUT2D eigenvalue weighted by Crippen LogP contribution is -2.37. The molecule has 226 valence electrons. The molecule has 6 rings (SSSR count). The van der Waals surface area contributed by atoms with E-state index < -0.39 is 0 Å². The Morgan fingerprint density at radius 3 is 1.95 bits per heavy atom. The standard InChI is InChI=1S/C37H41N5O2/c1-42(2)36-32-15-9-10-16-33(32)40-37(41-36)39-31-20-18-30(19-21-31)38-24-29-17-22-34(43-25-27-11-5-3-6-12-27)35(23-29)44-26-28-13-7-4-8-14-28/h3-17,22-23,30-31,38H,18-21,24-26H2,1-2H3,(H,39,40,41)/t30-,31+. The number of nitrogens with zero attached hydrogens (tertiary/aromatic N) is 3. The first-order valence-corrected chi connectivity index (χ1v) is 15.5. The lowest BCUT2D eigenvalue weighted by molar-refractivity contribution is 0.255. The van der Waals surface area contributed by atoms with E-state index in [1.54, 1.807) is 0 Å². The quantitative estimate of drug-likeness (QED) is 0.158. The predicted molar refractivity (Wildman–Crippen MR) is 178 cm³/mol. The van der Waals surface area contributed by atoms with Gasteiger partial charge in [0.2, 0.25) is 5.95 Å². The minimum atomic E-state index is 0.364. The number of anilines is 2. The van der Waals surface area contributed by atoms with E-state index in [0.29, 0.717) is 31.2 Å². The molecule has 0 bridgehead atoms. The van der Waals surface area contributed by atoms with E-state index in [1.807, 2.05) is 68.7 Å². The van der Waals surface area contributed by atoms with Gasteiger partial charge in [0.1, 0.15) is 19.0 Å². The Morgan fingerprint density at radius 1 is 0.659 bits per heavy atom. The van der Waals surface area contributed by atoms with Crippen LogP contribution in [-0.4, -0.2) is 36.1 Å². The molecule has 0 radical (unpaired) electrons. The minimum Gasteiger partial charge on any atom is -0.485 e. The van der Waals surface area contributed by atoms with Crippen molar-refractivity contribution in [1.82, 2.24) is 15.3 Å². The van der Waals surface area contributed by atoms with Crippen molar-refractivity contribution in [3.05, 3.63) is 120 Å². The Balaban J connectivity index is 1.05. The van der Waals surface area contributed by atoms with Crippen LogP contribution >= 0.6 is 0 Å². The van der Waals surface area contributed by atoms with Crippen molar-refractivity contribution in [2.45, 2.75) is 57.5 Å². The van der Waals surface area contributed by atoms with E-state index in [0.717, 1.165) is 71.6 Å². The van der Waals surface area contributed by atoms with Gasteiger partial charge in [0.15, 0.2) is 11.5 Å². The largest absolute Gasteiger partial charge is 0.485 e. The number of benzene rings is 4. The highest BCUT2D eigenvalue weighted by atomic mass is 16.5. The number of hydrogen-bond acceptors (Lipinski definition) is 7. The summed E-state index contributed by atoms with van der Waals surface area (Å²) in [7, 11) is 4.05. The third-order valence-electron chi connectivity index (χ3n) is 8.14. The van der Waals surface area contributed by atoms with Gasteiger partial charge in [0, 0.05) is 38.1 Å². The molecule has 1 aliphatic carbocycles. The van der Waals surface area contributed by atoms with Gasteiger partial charge in [0.25, 0.3) is 0 Å². The number of hydrogen-bond donors (Lipinski definition) is 2. The summed E-state index contributed by atoms with van der Waals surface area (Å²) in [6, 6.07) is 35.8. The zero-order valence-corrected chi connectivity index (χ0v) is 25.6. The zero-order chi connectivity index (χ0) is 30.1. The summed E-state index contributed by atoms with van der Waals surface area (Å²) in [5.74, 6) is 3.18. The lowest BCUT2D eigenvalue weighted by atomic mass is 9.91. The molecule has 2 N–H and O–H groups in total. The third-order valence-corrected chi connectivity index (χ3v) is 8.14. The summed E-state index contributed by atoms with van der Waals surface area (Å²) in [5.41, 5.74) is 4.40. The highest BCUT2D eigenvalue weighted by Gasteiger charge is 2.22. The third kappa shape index (κ3) is 7.66. The average molecular weight is 588 g/mol. The summed E-state index contributed by atoms with van der Waals surface area (Å²) in [4.78, 5) is 11.7. The van der Waals surface area contributed by atoms with Crippen molar-refractivity contribution in [2.24, 2.45) is 0 Å². The molecule has 7 heteroatoms. The van der Waals surface area contributed by atoms with Crippen molar-refractivity contribution in [3.63, 3.8) is 0 Å². The van der Waals surface area contributed by atoms with E-state index in [2.05, 4.69) is 64.1 Å². The molecule has 1 saturated carbocycles. The smallest absolute Gasteiger partial charge is 0.225 e. The Bertz CT molecular complexity index is 1640. The summed E-state index contributed by atoms with van der Waals surface area (Å²) < 4.78 is 12.5. The highest BCUT2D eigenvalue weighted by molar-refractivity contribution is 5.90. The first-order valence-electron chi connectivity index (χ1n) is 15.5. The molecule has 0 spiro atoms. The van der Waals surface area contributed by atoms with Gasteiger partial charge in [-0.1, -0.05) is 78.9 Å². The second-order valence-corrected chi connectivity index (χ2v) is 11.7. The fourth-order valence-electron chi connectivity index (χ4n) is 5.72. The molecular weight excluding hydrogens is 546 g/mol. The molecule has 4 aromatic carbocycles. The van der Waals surface area contributed by atoms with Gasteiger partial charge in [0.05, 0.1) is 5.52 Å². The summed E-state index contributed by atoms with van der Waals surface area (Å²) in [6.45, 7) is 1.77. The van der Waals surface area contributed by atoms with Crippen LogP contribution < -0.4 is 25.0 Å². The molecular formula is C37H41N5O2. The van der Waals surface area contributed by atoms with Gasteiger partial charge in [-0.05, 0) is 66.6 Å². The van der Waals surface area contributed by atoms with E-state index >= 15 is 0 Å². The zero-order valence-electron chi connectivity index (χ0n) is 25.6. The number of rotatable bonds is 12. The number of nitrogens with one attached hydrogen (secondary N) is 2. The van der Waals surface area contributed by atoms with Crippen molar-refractivity contribution >= 4 is 22.7 Å². The Labute approximate surface area is 260 Å². The maximum Gasteiger partial charge on any atom is 0.225 e. The molecule has 0 atom stereocenters. The molecule has 1 heterocycles. The van der Waals surface area contributed by atoms with Crippen LogP contribution in [0.1, 0.15) is 42.4 Å². The first kappa shape index (κ1) is 29.5. The van der Waals surface area contributed by atoms with Crippen LogP contribution in [-0.2, 0) is 19.8 Å². The monoisotopic (exact) mass is 587 g/mol. The molecule has 44 heavy (non-hydrogen) atoms. The maximum absolute atomic E-state index is 6.29. The van der Waals surface area contributed by atoms with Gasteiger partial charge in [-0.15, -0.1) is 0 Å². The lowest BCUT2D eigenvalue weighted by Gasteiger charge is -2.30. The number of fused-ring (bicyclic) bond motifs is 1. The molecule has 0 unspecified atom stereocenters. The maximum atomic E-state index is 6.29. The van der Waals surface area contributed by atoms with E-state index in [9.17, 15) is 0 Å². The van der Waals surface area contributed by atoms with Crippen LogP contribution in [0.4, 0.5) is 11.8 Å². The molecule has 1 fully saturated rings. The fraction of sp³-hybridized carbons (Fsp3) is 0.297. The van der Waals surface area contributed by atoms with E-state index in [1.165, 1.54) is 5.56 Å². The molecule has 7 nitrogen and oxygen atoms in total. The van der Waals surface area contributed by atoms with Crippen molar-refractivity contribution in [3.8, 4) is 11.5 Å². The van der Waals surface area contributed by atoms with Crippen LogP contribution in [0.25, 0.3) is 10.9 Å². The van der Waals surface area contributed by atoms with Gasteiger partial charge >= 0.3 is 0 Å². The van der Waals surface area contributed by atoms with Crippen LogP contribution in [0.3, 0.4) is 0 Å². The van der Waals surface area contributed by atoms with Crippen LogP contribution in [0.2, 0.25) is 0 Å². The highest BCUT2D eigenvalue weighted by Crippen LogP contribution is 2.31. The van der Waals surface area contributed by atoms with Crippen molar-refractivity contribution < 1.29 is 9.47 Å². The number of ether oxygens (including phenoxy) is 2. The average Bonchev–Trinajstić information content (AvgIpc) is 3.07. The predicted octanol–water partition coefficient (Wildman–Crippen LogP) is 7.37. The second-order valence-electron chi connectivity index (χ2n) is 11.7. The van der Waals surface area contributed by atoms with E-state index in [-0.39, 0.29) is 0 Å². The SMILES string of the molecule is CN(C)c1nc(N[C@H]2CC[C@@H](NCc3ccc(OCc4ccccc4)c(OCc4ccccc4)c3)CC2)nc2ccccc12. The normalized spacial score (nSPS) is 16.4. The summed E-state index contributed by atoms with van der Waals surface area (Å²) in [6.07, 6.45) is 4.34. The molecule has 0 saturated heterocycles. The topological polar surface area (TPSA) is 71.5 Å². The molecule has 5 aromatic rings. The molecule has 0 amide bonds. The summed E-state index contributed by atoms with van der Waals surface area (Å²) >= 11 is 0. The minimum absolute atomic E-state index is 0.364. The molecule has 1 aliphatic rings. The van der Waals surface area contributed by atoms with Gasteiger partial charge < -0.3 is 25.0 Å². The first-order chi connectivity index (χ1) is 21.6. The Morgan fingerprint density at radius 2 is 1.27 bits per heavy atom. The van der Waals surface area contributed by atoms with Crippen LogP contribution in [0.15, 0.2) is 103 Å². The van der Waals surface area contributed by atoms with Gasteiger partial charge in [-0.25, -0.2) is 4.98 Å². The van der Waals surface area contributed by atoms with E-state index in [4.69, 9.17) is 19.4 Å². The summed E-state index contributed by atoms with van der Waals surface area (Å²) in [5, 5.41) is 8.48. The van der Waals surface area contributed by atoms with Crippen LogP contribution in [0.5, 0.6) is 11.5 Å².